The van der Waals surface area contributed by atoms with Gasteiger partial charge in [0.15, 0.2) is 0 Å². The first-order valence-corrected chi connectivity index (χ1v) is 8.39. The first kappa shape index (κ1) is 15.3. The number of nitrogens with zero attached hydrogens (tertiary/aromatic N) is 1. The summed E-state index contributed by atoms with van der Waals surface area (Å²) in [6.45, 7) is 13.0. The lowest BCUT2D eigenvalue weighted by atomic mass is 9.99. The predicted octanol–water partition coefficient (Wildman–Crippen LogP) is 2.84. The summed E-state index contributed by atoms with van der Waals surface area (Å²) in [5.74, 6) is 3.32. The highest BCUT2D eigenvalue weighted by molar-refractivity contribution is 7.99. The summed E-state index contributed by atoms with van der Waals surface area (Å²) >= 11 is 2.06. The summed E-state index contributed by atoms with van der Waals surface area (Å²) < 4.78 is 0. The predicted molar refractivity (Wildman–Crippen MR) is 79.9 cm³/mol. The number of rotatable bonds is 6. The van der Waals surface area contributed by atoms with Gasteiger partial charge in [0.05, 0.1) is 0 Å². The molecular formula is C14H30N2S. The van der Waals surface area contributed by atoms with E-state index in [2.05, 4.69) is 49.7 Å². The third kappa shape index (κ3) is 5.19. The molecule has 3 unspecified atom stereocenters. The number of thioether (sulfide) groups is 1. The van der Waals surface area contributed by atoms with Gasteiger partial charge in [0.1, 0.15) is 0 Å². The molecule has 1 rings (SSSR count). The minimum absolute atomic E-state index is 0.691. The van der Waals surface area contributed by atoms with E-state index in [-0.39, 0.29) is 0 Å². The van der Waals surface area contributed by atoms with Crippen molar-refractivity contribution in [3.63, 3.8) is 0 Å². The molecule has 1 aliphatic heterocycles. The van der Waals surface area contributed by atoms with Crippen LogP contribution in [0.1, 0.15) is 40.5 Å². The van der Waals surface area contributed by atoms with E-state index in [1.165, 1.54) is 44.0 Å². The van der Waals surface area contributed by atoms with E-state index < -0.39 is 0 Å². The summed E-state index contributed by atoms with van der Waals surface area (Å²) in [5.41, 5.74) is 0. The van der Waals surface area contributed by atoms with E-state index >= 15 is 0 Å². The van der Waals surface area contributed by atoms with Crippen molar-refractivity contribution in [1.82, 2.24) is 10.2 Å². The minimum Gasteiger partial charge on any atom is -0.312 e. The van der Waals surface area contributed by atoms with Gasteiger partial charge in [-0.15, -0.1) is 0 Å². The van der Waals surface area contributed by atoms with Crippen LogP contribution < -0.4 is 5.32 Å². The molecule has 0 aromatic heterocycles. The van der Waals surface area contributed by atoms with Gasteiger partial charge in [-0.25, -0.2) is 0 Å². The third-order valence-electron chi connectivity index (χ3n) is 4.08. The van der Waals surface area contributed by atoms with Crippen molar-refractivity contribution >= 4 is 11.8 Å². The first-order chi connectivity index (χ1) is 8.19. The van der Waals surface area contributed by atoms with Crippen molar-refractivity contribution in [2.24, 2.45) is 5.92 Å². The van der Waals surface area contributed by atoms with Gasteiger partial charge in [-0.1, -0.05) is 27.2 Å². The molecule has 0 aromatic rings. The fraction of sp³-hybridized carbons (Fsp3) is 1.00. The van der Waals surface area contributed by atoms with Crippen molar-refractivity contribution in [2.45, 2.75) is 52.6 Å². The van der Waals surface area contributed by atoms with Crippen molar-refractivity contribution in [1.29, 1.82) is 0 Å². The van der Waals surface area contributed by atoms with Crippen LogP contribution in [0.4, 0.5) is 0 Å². The lowest BCUT2D eigenvalue weighted by molar-refractivity contribution is 0.199. The molecule has 0 spiro atoms. The van der Waals surface area contributed by atoms with E-state index in [1.807, 2.05) is 0 Å². The number of hydrogen-bond acceptors (Lipinski definition) is 3. The van der Waals surface area contributed by atoms with Gasteiger partial charge < -0.3 is 5.32 Å². The highest BCUT2D eigenvalue weighted by Gasteiger charge is 2.25. The maximum Gasteiger partial charge on any atom is 0.0220 e. The van der Waals surface area contributed by atoms with E-state index in [0.29, 0.717) is 6.04 Å². The summed E-state index contributed by atoms with van der Waals surface area (Å²) in [6.07, 6.45) is 2.58. The smallest absolute Gasteiger partial charge is 0.0220 e. The largest absolute Gasteiger partial charge is 0.312 e. The zero-order chi connectivity index (χ0) is 12.7. The van der Waals surface area contributed by atoms with Crippen LogP contribution in [0.5, 0.6) is 0 Å². The molecule has 1 saturated heterocycles. The molecule has 17 heavy (non-hydrogen) atoms. The molecule has 0 aromatic carbocycles. The van der Waals surface area contributed by atoms with Gasteiger partial charge in [0.2, 0.25) is 0 Å². The Kier molecular flexibility index (Phi) is 7.56. The third-order valence-corrected chi connectivity index (χ3v) is 4.96. The molecule has 3 atom stereocenters. The molecule has 102 valence electrons. The van der Waals surface area contributed by atoms with Crippen molar-refractivity contribution < 1.29 is 0 Å². The second-order valence-corrected chi connectivity index (χ2v) is 6.67. The van der Waals surface area contributed by atoms with Crippen LogP contribution in [0.3, 0.4) is 0 Å². The number of nitrogens with one attached hydrogen (secondary N) is 1. The summed E-state index contributed by atoms with van der Waals surface area (Å²) in [5, 5.41) is 3.73. The zero-order valence-corrected chi connectivity index (χ0v) is 12.9. The van der Waals surface area contributed by atoms with Gasteiger partial charge in [-0.2, -0.15) is 11.8 Å². The lowest BCUT2D eigenvalue weighted by Crippen LogP contribution is -2.44. The van der Waals surface area contributed by atoms with Crippen molar-refractivity contribution in [3.8, 4) is 0 Å². The molecule has 1 heterocycles. The van der Waals surface area contributed by atoms with Gasteiger partial charge in [0.25, 0.3) is 0 Å². The topological polar surface area (TPSA) is 15.3 Å². The van der Waals surface area contributed by atoms with Crippen LogP contribution >= 0.6 is 11.8 Å². The Bertz CT molecular complexity index is 199. The summed E-state index contributed by atoms with van der Waals surface area (Å²) in [4.78, 5) is 2.69. The SMILES string of the molecule is CCSCCN1CC(C(C)CC)NCCC1C. The maximum absolute atomic E-state index is 3.73. The zero-order valence-electron chi connectivity index (χ0n) is 12.0. The van der Waals surface area contributed by atoms with Gasteiger partial charge >= 0.3 is 0 Å². The van der Waals surface area contributed by atoms with Crippen LogP contribution in [-0.4, -0.2) is 48.1 Å². The van der Waals surface area contributed by atoms with Crippen LogP contribution in [0, 0.1) is 5.92 Å². The standard InChI is InChI=1S/C14H30N2S/c1-5-12(3)14-11-16(9-10-17-6-2)13(4)7-8-15-14/h12-15H,5-11H2,1-4H3. The molecule has 1 N–H and O–H groups in total. The lowest BCUT2D eigenvalue weighted by Gasteiger charge is -2.31. The molecule has 0 amide bonds. The normalized spacial score (nSPS) is 28.9. The molecule has 0 aliphatic carbocycles. The van der Waals surface area contributed by atoms with E-state index in [1.54, 1.807) is 0 Å². The van der Waals surface area contributed by atoms with Crippen LogP contribution in [0.25, 0.3) is 0 Å². The molecule has 1 fully saturated rings. The Morgan fingerprint density at radius 3 is 2.82 bits per heavy atom. The molecule has 2 nitrogen and oxygen atoms in total. The molecular weight excluding hydrogens is 228 g/mol. The Hall–Kier alpha value is 0.270. The monoisotopic (exact) mass is 258 g/mol. The Morgan fingerprint density at radius 2 is 2.18 bits per heavy atom. The molecule has 0 bridgehead atoms. The molecule has 0 radical (unpaired) electrons. The Labute approximate surface area is 112 Å². The second kappa shape index (κ2) is 8.39. The van der Waals surface area contributed by atoms with Crippen LogP contribution in [-0.2, 0) is 0 Å². The minimum atomic E-state index is 0.691. The fourth-order valence-electron chi connectivity index (χ4n) is 2.46. The van der Waals surface area contributed by atoms with E-state index in [0.717, 1.165) is 12.0 Å². The number of hydrogen-bond donors (Lipinski definition) is 1. The first-order valence-electron chi connectivity index (χ1n) is 7.24. The summed E-state index contributed by atoms with van der Waals surface area (Å²) in [6, 6.07) is 1.44. The van der Waals surface area contributed by atoms with Gasteiger partial charge in [-0.05, 0) is 31.6 Å². The molecule has 0 saturated carbocycles. The second-order valence-electron chi connectivity index (χ2n) is 5.28. The van der Waals surface area contributed by atoms with Gasteiger partial charge in [0, 0.05) is 30.9 Å². The average Bonchev–Trinajstić information content (AvgIpc) is 2.51. The quantitative estimate of drug-likeness (QED) is 0.738. The van der Waals surface area contributed by atoms with Crippen LogP contribution in [0.15, 0.2) is 0 Å². The Balaban J connectivity index is 2.46. The molecule has 1 aliphatic rings. The van der Waals surface area contributed by atoms with E-state index in [4.69, 9.17) is 0 Å². The molecule has 3 heteroatoms. The van der Waals surface area contributed by atoms with Crippen molar-refractivity contribution in [3.05, 3.63) is 0 Å². The summed E-state index contributed by atoms with van der Waals surface area (Å²) in [7, 11) is 0. The fourth-order valence-corrected chi connectivity index (χ4v) is 3.11. The average molecular weight is 258 g/mol. The van der Waals surface area contributed by atoms with E-state index in [9.17, 15) is 0 Å². The van der Waals surface area contributed by atoms with Crippen molar-refractivity contribution in [2.75, 3.05) is 31.1 Å². The van der Waals surface area contributed by atoms with Crippen LogP contribution in [0.2, 0.25) is 0 Å². The maximum atomic E-state index is 3.73. The Morgan fingerprint density at radius 1 is 1.41 bits per heavy atom. The highest BCUT2D eigenvalue weighted by Crippen LogP contribution is 2.16. The highest BCUT2D eigenvalue weighted by atomic mass is 32.2. The van der Waals surface area contributed by atoms with Gasteiger partial charge in [-0.3, -0.25) is 4.90 Å².